The summed E-state index contributed by atoms with van der Waals surface area (Å²) in [6.07, 6.45) is -1.33. The van der Waals surface area contributed by atoms with E-state index in [-0.39, 0.29) is 11.6 Å². The van der Waals surface area contributed by atoms with Gasteiger partial charge in [0.05, 0.1) is 31.7 Å². The average molecular weight is 487 g/mol. The fraction of sp³-hybridized carbons (Fsp3) is 0.292. The van der Waals surface area contributed by atoms with Gasteiger partial charge in [-0.25, -0.2) is 4.98 Å². The van der Waals surface area contributed by atoms with Crippen molar-refractivity contribution in [1.29, 1.82) is 0 Å². The second-order valence-corrected chi connectivity index (χ2v) is 7.91. The summed E-state index contributed by atoms with van der Waals surface area (Å²) in [6.45, 7) is 2.04. The highest BCUT2D eigenvalue weighted by Gasteiger charge is 2.30. The highest BCUT2D eigenvalue weighted by atomic mass is 19.4. The molecular weight excluding hydrogens is 463 g/mol. The Morgan fingerprint density at radius 3 is 2.20 bits per heavy atom. The number of piperazine rings is 1. The van der Waals surface area contributed by atoms with Crippen molar-refractivity contribution in [2.45, 2.75) is 6.18 Å². The van der Waals surface area contributed by atoms with Crippen LogP contribution in [0.25, 0.3) is 11.1 Å². The molecule has 2 N–H and O–H groups in total. The minimum absolute atomic E-state index is 0.192. The molecule has 35 heavy (non-hydrogen) atoms. The highest BCUT2D eigenvalue weighted by molar-refractivity contribution is 5.93. The van der Waals surface area contributed by atoms with Crippen LogP contribution in [0.15, 0.2) is 48.8 Å². The molecular formula is C24H24F3N5O3. The number of amides is 1. The minimum atomic E-state index is -4.42. The van der Waals surface area contributed by atoms with Gasteiger partial charge in [0, 0.05) is 50.1 Å². The number of benzene rings is 1. The zero-order chi connectivity index (χ0) is 25.2. The maximum atomic E-state index is 13.1. The topological polar surface area (TPSA) is 93.8 Å². The summed E-state index contributed by atoms with van der Waals surface area (Å²) in [5.41, 5.74) is 6.97. The molecule has 1 saturated heterocycles. The van der Waals surface area contributed by atoms with Crippen molar-refractivity contribution >= 4 is 17.4 Å². The summed E-state index contributed by atoms with van der Waals surface area (Å²) in [6, 6.07) is 7.86. The number of methoxy groups -OCH3 is 2. The van der Waals surface area contributed by atoms with Crippen LogP contribution in [-0.2, 0) is 6.18 Å². The Kier molecular flexibility index (Phi) is 6.68. The van der Waals surface area contributed by atoms with E-state index in [9.17, 15) is 18.0 Å². The first-order valence-corrected chi connectivity index (χ1v) is 10.8. The van der Waals surface area contributed by atoms with Crippen molar-refractivity contribution in [2.75, 3.05) is 51.0 Å². The number of rotatable bonds is 5. The van der Waals surface area contributed by atoms with Gasteiger partial charge in [0.25, 0.3) is 5.91 Å². The normalized spacial score (nSPS) is 14.1. The fourth-order valence-corrected chi connectivity index (χ4v) is 3.94. The average Bonchev–Trinajstić information content (AvgIpc) is 2.87. The number of carbonyl (C=O) groups is 1. The first-order valence-electron chi connectivity index (χ1n) is 10.8. The molecule has 1 aliphatic heterocycles. The van der Waals surface area contributed by atoms with E-state index in [1.54, 1.807) is 24.3 Å². The largest absolute Gasteiger partial charge is 0.496 e. The lowest BCUT2D eigenvalue weighted by atomic mass is 10.0. The van der Waals surface area contributed by atoms with Gasteiger partial charge in [-0.1, -0.05) is 12.1 Å². The van der Waals surface area contributed by atoms with Gasteiger partial charge in [-0.2, -0.15) is 13.2 Å². The molecule has 1 aromatic carbocycles. The van der Waals surface area contributed by atoms with Gasteiger partial charge in [0.1, 0.15) is 23.0 Å². The minimum Gasteiger partial charge on any atom is -0.496 e. The Bertz CT molecular complexity index is 1210. The van der Waals surface area contributed by atoms with Crippen LogP contribution in [0.1, 0.15) is 16.1 Å². The molecule has 3 aromatic rings. The monoisotopic (exact) mass is 487 g/mol. The zero-order valence-corrected chi connectivity index (χ0v) is 19.2. The standard InChI is InChI=1S/C24H24F3N5O3/c1-34-20-11-18(29-13-17(20)15-3-5-16(6-4-15)24(25,26)27)23(33)32-9-7-31(8-10-32)19-14-30-22(28)12-21(19)35-2/h3-6,11-14H,7-10H2,1-2H3,(H2,28,30). The Morgan fingerprint density at radius 1 is 0.943 bits per heavy atom. The number of carbonyl (C=O) groups excluding carboxylic acids is 1. The van der Waals surface area contributed by atoms with Crippen molar-refractivity contribution in [3.8, 4) is 22.6 Å². The summed E-state index contributed by atoms with van der Waals surface area (Å²) in [4.78, 5) is 25.2. The van der Waals surface area contributed by atoms with Crippen LogP contribution >= 0.6 is 0 Å². The van der Waals surface area contributed by atoms with Crippen molar-refractivity contribution in [3.05, 3.63) is 60.0 Å². The number of alkyl halides is 3. The first-order chi connectivity index (χ1) is 16.7. The van der Waals surface area contributed by atoms with Crippen molar-refractivity contribution in [1.82, 2.24) is 14.9 Å². The van der Waals surface area contributed by atoms with E-state index >= 15 is 0 Å². The third-order valence-corrected chi connectivity index (χ3v) is 5.82. The maximum absolute atomic E-state index is 13.1. The second-order valence-electron chi connectivity index (χ2n) is 7.91. The first kappa shape index (κ1) is 24.1. The molecule has 0 aliphatic carbocycles. The number of hydrogen-bond acceptors (Lipinski definition) is 7. The lowest BCUT2D eigenvalue weighted by Gasteiger charge is -2.36. The van der Waals surface area contributed by atoms with Crippen LogP contribution in [-0.4, -0.2) is 61.2 Å². The van der Waals surface area contributed by atoms with Crippen LogP contribution in [0.4, 0.5) is 24.7 Å². The lowest BCUT2D eigenvalue weighted by molar-refractivity contribution is -0.137. The number of nitrogens with zero attached hydrogens (tertiary/aromatic N) is 4. The van der Waals surface area contributed by atoms with E-state index in [1.807, 2.05) is 0 Å². The van der Waals surface area contributed by atoms with Gasteiger partial charge >= 0.3 is 6.18 Å². The molecule has 1 aliphatic rings. The molecule has 1 amide bonds. The summed E-state index contributed by atoms with van der Waals surface area (Å²) in [5, 5.41) is 0. The quantitative estimate of drug-likeness (QED) is 0.586. The van der Waals surface area contributed by atoms with Gasteiger partial charge in [-0.3, -0.25) is 9.78 Å². The Labute approximate surface area is 200 Å². The number of nitrogen functional groups attached to an aromatic ring is 1. The van der Waals surface area contributed by atoms with Crippen LogP contribution in [0, 0.1) is 0 Å². The number of ether oxygens (including phenoxy) is 2. The van der Waals surface area contributed by atoms with E-state index in [0.717, 1.165) is 17.8 Å². The van der Waals surface area contributed by atoms with Gasteiger partial charge in [-0.15, -0.1) is 0 Å². The molecule has 1 fully saturated rings. The molecule has 2 aromatic heterocycles. The summed E-state index contributed by atoms with van der Waals surface area (Å²) in [5.74, 6) is 1.06. The summed E-state index contributed by atoms with van der Waals surface area (Å²) >= 11 is 0. The number of pyridine rings is 2. The number of halogens is 3. The highest BCUT2D eigenvalue weighted by Crippen LogP contribution is 2.34. The molecule has 0 radical (unpaired) electrons. The van der Waals surface area contributed by atoms with Crippen molar-refractivity contribution in [3.63, 3.8) is 0 Å². The van der Waals surface area contributed by atoms with E-state index in [2.05, 4.69) is 14.9 Å². The predicted octanol–water partition coefficient (Wildman–Crippen LogP) is 3.72. The Balaban J connectivity index is 1.48. The third kappa shape index (κ3) is 5.08. The van der Waals surface area contributed by atoms with Gasteiger partial charge in [-0.05, 0) is 17.7 Å². The Morgan fingerprint density at radius 2 is 1.60 bits per heavy atom. The molecule has 11 heteroatoms. The molecule has 3 heterocycles. The van der Waals surface area contributed by atoms with Crippen molar-refractivity contribution < 1.29 is 27.4 Å². The van der Waals surface area contributed by atoms with Crippen LogP contribution in [0.3, 0.4) is 0 Å². The molecule has 4 rings (SSSR count). The van der Waals surface area contributed by atoms with Gasteiger partial charge in [0.2, 0.25) is 0 Å². The fourth-order valence-electron chi connectivity index (χ4n) is 3.94. The summed E-state index contributed by atoms with van der Waals surface area (Å²) in [7, 11) is 3.00. The number of aromatic nitrogens is 2. The van der Waals surface area contributed by atoms with E-state index in [0.29, 0.717) is 54.6 Å². The molecule has 0 spiro atoms. The second kappa shape index (κ2) is 9.69. The molecule has 0 atom stereocenters. The SMILES string of the molecule is COc1cc(C(=O)N2CCN(c3cnc(N)cc3OC)CC2)ncc1-c1ccc(C(F)(F)F)cc1. The number of hydrogen-bond donors (Lipinski definition) is 1. The molecule has 0 unspecified atom stereocenters. The number of anilines is 2. The van der Waals surface area contributed by atoms with Crippen LogP contribution < -0.4 is 20.1 Å². The van der Waals surface area contributed by atoms with Crippen LogP contribution in [0.5, 0.6) is 11.5 Å². The van der Waals surface area contributed by atoms with E-state index in [4.69, 9.17) is 15.2 Å². The summed E-state index contributed by atoms with van der Waals surface area (Å²) < 4.78 is 49.4. The van der Waals surface area contributed by atoms with Gasteiger partial charge in [0.15, 0.2) is 0 Å². The molecule has 0 bridgehead atoms. The predicted molar refractivity (Wildman–Crippen MR) is 125 cm³/mol. The maximum Gasteiger partial charge on any atom is 0.416 e. The van der Waals surface area contributed by atoms with Crippen LogP contribution in [0.2, 0.25) is 0 Å². The van der Waals surface area contributed by atoms with Gasteiger partial charge < -0.3 is 25.0 Å². The Hall–Kier alpha value is -4.02. The zero-order valence-electron chi connectivity index (χ0n) is 19.2. The van der Waals surface area contributed by atoms with E-state index in [1.165, 1.54) is 31.5 Å². The smallest absolute Gasteiger partial charge is 0.416 e. The van der Waals surface area contributed by atoms with Crippen molar-refractivity contribution in [2.24, 2.45) is 0 Å². The molecule has 184 valence electrons. The lowest BCUT2D eigenvalue weighted by Crippen LogP contribution is -2.49. The molecule has 0 saturated carbocycles. The van der Waals surface area contributed by atoms with E-state index < -0.39 is 11.7 Å². The molecule has 8 nitrogen and oxygen atoms in total. The number of nitrogens with two attached hydrogens (primary N) is 1. The third-order valence-electron chi connectivity index (χ3n) is 5.82.